The fraction of sp³-hybridized carbons (Fsp3) is 0.611. The van der Waals surface area contributed by atoms with Crippen LogP contribution in [0.2, 0.25) is 0 Å². The molecule has 1 unspecified atom stereocenters. The maximum Gasteiger partial charge on any atom is 0.251 e. The Labute approximate surface area is 161 Å². The van der Waals surface area contributed by atoms with Gasteiger partial charge in [-0.3, -0.25) is 9.69 Å². The molecule has 0 bridgehead atoms. The van der Waals surface area contributed by atoms with Crippen molar-refractivity contribution in [1.29, 1.82) is 0 Å². The van der Waals surface area contributed by atoms with Gasteiger partial charge < -0.3 is 14.8 Å². The molecule has 1 aliphatic heterocycles. The lowest BCUT2D eigenvalue weighted by Crippen LogP contribution is -2.47. The van der Waals surface area contributed by atoms with E-state index in [1.807, 2.05) is 0 Å². The predicted octanol–water partition coefficient (Wildman–Crippen LogP) is 0.370. The third kappa shape index (κ3) is 6.25. The molecule has 0 saturated carbocycles. The molecule has 0 radical (unpaired) electrons. The van der Waals surface area contributed by atoms with E-state index in [0.717, 1.165) is 18.7 Å². The van der Waals surface area contributed by atoms with Crippen LogP contribution >= 0.6 is 0 Å². The lowest BCUT2D eigenvalue weighted by molar-refractivity contribution is 0.0204. The molecule has 2 rings (SSSR count). The van der Waals surface area contributed by atoms with Crippen LogP contribution in [0.4, 0.5) is 0 Å². The van der Waals surface area contributed by atoms with Gasteiger partial charge in [-0.15, -0.1) is 0 Å². The van der Waals surface area contributed by atoms with Crippen molar-refractivity contribution in [3.8, 4) is 0 Å². The number of carbonyl (C=O) groups excluding carboxylic acids is 1. The number of amides is 1. The summed E-state index contributed by atoms with van der Waals surface area (Å²) in [6.45, 7) is 7.87. The van der Waals surface area contributed by atoms with Crippen LogP contribution in [0.25, 0.3) is 0 Å². The quantitative estimate of drug-likeness (QED) is 0.583. The largest absolute Gasteiger partial charge is 0.383 e. The van der Waals surface area contributed by atoms with Crippen molar-refractivity contribution in [3.05, 3.63) is 29.3 Å². The summed E-state index contributed by atoms with van der Waals surface area (Å²) in [7, 11) is -2.19. The van der Waals surface area contributed by atoms with Gasteiger partial charge in [0.05, 0.1) is 24.7 Å². The van der Waals surface area contributed by atoms with Gasteiger partial charge in [-0.05, 0) is 31.5 Å². The van der Waals surface area contributed by atoms with Gasteiger partial charge in [0.25, 0.3) is 5.91 Å². The van der Waals surface area contributed by atoms with Crippen molar-refractivity contribution in [2.45, 2.75) is 24.8 Å². The van der Waals surface area contributed by atoms with Crippen molar-refractivity contribution in [2.75, 3.05) is 53.1 Å². The summed E-state index contributed by atoms with van der Waals surface area (Å²) in [6, 6.07) is 4.74. The normalized spacial score (nSPS) is 16.9. The molecule has 1 saturated heterocycles. The standard InChI is InChI=1S/C18H29N3O5S/c1-14-4-5-16(27(23,24)20-6-9-25-3)12-17(14)18(22)19-13-15(2)21-7-10-26-11-8-21/h4-5,12,15,20H,6-11,13H2,1-3H3,(H,19,22). The van der Waals surface area contributed by atoms with Gasteiger partial charge in [-0.1, -0.05) is 6.07 Å². The van der Waals surface area contributed by atoms with E-state index < -0.39 is 10.0 Å². The van der Waals surface area contributed by atoms with Gasteiger partial charge in [0.15, 0.2) is 0 Å². The summed E-state index contributed by atoms with van der Waals surface area (Å²) in [4.78, 5) is 14.9. The Hall–Kier alpha value is -1.52. The summed E-state index contributed by atoms with van der Waals surface area (Å²) in [5, 5.41) is 2.91. The van der Waals surface area contributed by atoms with Gasteiger partial charge in [0.2, 0.25) is 10.0 Å². The molecule has 1 heterocycles. The molecule has 1 fully saturated rings. The Kier molecular flexibility index (Phi) is 8.18. The number of nitrogens with zero attached hydrogens (tertiary/aromatic N) is 1. The van der Waals surface area contributed by atoms with Crippen molar-refractivity contribution in [1.82, 2.24) is 14.9 Å². The number of hydrogen-bond acceptors (Lipinski definition) is 6. The Bertz CT molecular complexity index is 733. The van der Waals surface area contributed by atoms with Crippen LogP contribution in [0.3, 0.4) is 0 Å². The second-order valence-corrected chi connectivity index (χ2v) is 8.34. The van der Waals surface area contributed by atoms with E-state index in [-0.39, 0.29) is 30.0 Å². The number of nitrogens with one attached hydrogen (secondary N) is 2. The van der Waals surface area contributed by atoms with E-state index in [1.54, 1.807) is 13.0 Å². The van der Waals surface area contributed by atoms with E-state index in [9.17, 15) is 13.2 Å². The molecular weight excluding hydrogens is 370 g/mol. The monoisotopic (exact) mass is 399 g/mol. The van der Waals surface area contributed by atoms with Crippen LogP contribution in [-0.4, -0.2) is 78.4 Å². The summed E-state index contributed by atoms with van der Waals surface area (Å²) in [5.74, 6) is -0.276. The highest BCUT2D eigenvalue weighted by atomic mass is 32.2. The Morgan fingerprint density at radius 2 is 2.04 bits per heavy atom. The van der Waals surface area contributed by atoms with Gasteiger partial charge in [0.1, 0.15) is 0 Å². The molecule has 1 aromatic rings. The molecule has 1 amide bonds. The number of morpholine rings is 1. The summed E-state index contributed by atoms with van der Waals surface area (Å²) in [6.07, 6.45) is 0. The van der Waals surface area contributed by atoms with Crippen molar-refractivity contribution < 1.29 is 22.7 Å². The van der Waals surface area contributed by atoms with Crippen molar-refractivity contribution in [3.63, 3.8) is 0 Å². The van der Waals surface area contributed by atoms with E-state index in [2.05, 4.69) is 21.9 Å². The van der Waals surface area contributed by atoms with Gasteiger partial charge >= 0.3 is 0 Å². The molecule has 1 aromatic carbocycles. The first-order valence-corrected chi connectivity index (χ1v) is 10.5. The first-order chi connectivity index (χ1) is 12.8. The highest BCUT2D eigenvalue weighted by Crippen LogP contribution is 2.16. The zero-order chi connectivity index (χ0) is 19.9. The first kappa shape index (κ1) is 21.8. The molecule has 0 aromatic heterocycles. The topological polar surface area (TPSA) is 97.0 Å². The number of hydrogen-bond donors (Lipinski definition) is 2. The minimum atomic E-state index is -3.69. The second kappa shape index (κ2) is 10.1. The molecule has 27 heavy (non-hydrogen) atoms. The fourth-order valence-electron chi connectivity index (χ4n) is 2.86. The van der Waals surface area contributed by atoms with Crippen molar-refractivity contribution >= 4 is 15.9 Å². The van der Waals surface area contributed by atoms with Crippen LogP contribution in [0.15, 0.2) is 23.1 Å². The van der Waals surface area contributed by atoms with Gasteiger partial charge in [0, 0.05) is 44.9 Å². The number of benzene rings is 1. The predicted molar refractivity (Wildman–Crippen MR) is 102 cm³/mol. The smallest absolute Gasteiger partial charge is 0.251 e. The highest BCUT2D eigenvalue weighted by molar-refractivity contribution is 7.89. The lowest BCUT2D eigenvalue weighted by atomic mass is 10.1. The van der Waals surface area contributed by atoms with E-state index in [0.29, 0.717) is 25.3 Å². The van der Waals surface area contributed by atoms with E-state index in [4.69, 9.17) is 9.47 Å². The van der Waals surface area contributed by atoms with Crippen LogP contribution in [0, 0.1) is 6.92 Å². The van der Waals surface area contributed by atoms with Crippen molar-refractivity contribution in [2.24, 2.45) is 0 Å². The SMILES string of the molecule is COCCNS(=O)(=O)c1ccc(C)c(C(=O)NCC(C)N2CCOCC2)c1. The maximum atomic E-state index is 12.6. The summed E-state index contributed by atoms with van der Waals surface area (Å²) < 4.78 is 37.3. The highest BCUT2D eigenvalue weighted by Gasteiger charge is 2.20. The Morgan fingerprint density at radius 3 is 2.70 bits per heavy atom. The van der Waals surface area contributed by atoms with E-state index in [1.165, 1.54) is 19.2 Å². The molecule has 0 aliphatic carbocycles. The Morgan fingerprint density at radius 1 is 1.33 bits per heavy atom. The minimum Gasteiger partial charge on any atom is -0.383 e. The maximum absolute atomic E-state index is 12.6. The fourth-order valence-corrected chi connectivity index (χ4v) is 3.90. The second-order valence-electron chi connectivity index (χ2n) is 6.57. The molecule has 9 heteroatoms. The van der Waals surface area contributed by atoms with Crippen LogP contribution in [-0.2, 0) is 19.5 Å². The molecule has 2 N–H and O–H groups in total. The third-order valence-corrected chi connectivity index (χ3v) is 6.05. The van der Waals surface area contributed by atoms with Gasteiger partial charge in [-0.2, -0.15) is 0 Å². The number of aryl methyl sites for hydroxylation is 1. The molecule has 0 spiro atoms. The van der Waals surface area contributed by atoms with E-state index >= 15 is 0 Å². The molecule has 8 nitrogen and oxygen atoms in total. The first-order valence-electron chi connectivity index (χ1n) is 9.04. The average molecular weight is 400 g/mol. The van der Waals surface area contributed by atoms with Crippen LogP contribution in [0.1, 0.15) is 22.8 Å². The number of carbonyl (C=O) groups is 1. The number of ether oxygens (including phenoxy) is 2. The zero-order valence-corrected chi connectivity index (χ0v) is 17.0. The molecule has 1 atom stereocenters. The van der Waals surface area contributed by atoms with Crippen LogP contribution in [0.5, 0.6) is 0 Å². The Balaban J connectivity index is 2.02. The number of methoxy groups -OCH3 is 1. The minimum absolute atomic E-state index is 0.0654. The number of rotatable bonds is 9. The number of sulfonamides is 1. The third-order valence-electron chi connectivity index (χ3n) is 4.59. The summed E-state index contributed by atoms with van der Waals surface area (Å²) in [5.41, 5.74) is 1.08. The molecule has 152 valence electrons. The van der Waals surface area contributed by atoms with Crippen LogP contribution < -0.4 is 10.0 Å². The van der Waals surface area contributed by atoms with Gasteiger partial charge in [-0.25, -0.2) is 13.1 Å². The lowest BCUT2D eigenvalue weighted by Gasteiger charge is -2.32. The average Bonchev–Trinajstić information content (AvgIpc) is 2.66. The molecular formula is C18H29N3O5S. The summed E-state index contributed by atoms with van der Waals surface area (Å²) >= 11 is 0. The zero-order valence-electron chi connectivity index (χ0n) is 16.2. The molecule has 1 aliphatic rings.